The number of aryl methyl sites for hydroxylation is 1. The van der Waals surface area contributed by atoms with Crippen LogP contribution >= 0.6 is 0 Å². The number of nitrogens with zero attached hydrogens (tertiary/aromatic N) is 1. The van der Waals surface area contributed by atoms with Gasteiger partial charge in [0.25, 0.3) is 5.91 Å². The third-order valence-electron chi connectivity index (χ3n) is 4.71. The van der Waals surface area contributed by atoms with E-state index in [4.69, 9.17) is 0 Å². The molecule has 2 aromatic carbocycles. The minimum absolute atomic E-state index is 0.00654. The Bertz CT molecular complexity index is 750. The first kappa shape index (κ1) is 17.2. The number of benzene rings is 2. The molecule has 0 aliphatic carbocycles. The molecular weight excluding hydrogens is 312 g/mol. The normalized spacial score (nSPS) is 15.3. The van der Waals surface area contributed by atoms with E-state index in [1.165, 1.54) is 5.56 Å². The topological polar surface area (TPSA) is 49.4 Å². The Morgan fingerprint density at radius 3 is 2.36 bits per heavy atom. The summed E-state index contributed by atoms with van der Waals surface area (Å²) in [6.45, 7) is 4.87. The van der Waals surface area contributed by atoms with Crippen molar-refractivity contribution in [1.82, 2.24) is 5.32 Å². The van der Waals surface area contributed by atoms with Gasteiger partial charge in [0.1, 0.15) is 0 Å². The summed E-state index contributed by atoms with van der Waals surface area (Å²) in [6.07, 6.45) is 2.34. The Morgan fingerprint density at radius 1 is 1.12 bits per heavy atom. The highest BCUT2D eigenvalue weighted by molar-refractivity contribution is 5.97. The number of nitrogens with one attached hydrogen (secondary N) is 1. The van der Waals surface area contributed by atoms with Gasteiger partial charge >= 0.3 is 0 Å². The number of hydrogen-bond acceptors (Lipinski definition) is 2. The number of anilines is 1. The number of hydrogen-bond donors (Lipinski definition) is 1. The van der Waals surface area contributed by atoms with Crippen LogP contribution in [0.5, 0.6) is 0 Å². The molecular formula is C21H24N2O2. The lowest BCUT2D eigenvalue weighted by Gasteiger charge is -2.19. The zero-order valence-electron chi connectivity index (χ0n) is 14.8. The van der Waals surface area contributed by atoms with Crippen molar-refractivity contribution >= 4 is 17.5 Å². The fourth-order valence-corrected chi connectivity index (χ4v) is 3.18. The lowest BCUT2D eigenvalue weighted by atomic mass is 10.0. The van der Waals surface area contributed by atoms with Crippen LogP contribution in [0.15, 0.2) is 48.5 Å². The SMILES string of the molecule is CCC(NC(=O)c1ccc(N2CCCC2=O)cc1)c1ccc(C)cc1. The van der Waals surface area contributed by atoms with Gasteiger partial charge in [0.05, 0.1) is 6.04 Å². The molecule has 0 aromatic heterocycles. The number of rotatable bonds is 5. The molecule has 1 N–H and O–H groups in total. The molecule has 4 heteroatoms. The van der Waals surface area contributed by atoms with Crippen LogP contribution in [-0.2, 0) is 4.79 Å². The van der Waals surface area contributed by atoms with E-state index in [9.17, 15) is 9.59 Å². The zero-order chi connectivity index (χ0) is 17.8. The van der Waals surface area contributed by atoms with Crippen molar-refractivity contribution in [3.8, 4) is 0 Å². The lowest BCUT2D eigenvalue weighted by molar-refractivity contribution is -0.117. The van der Waals surface area contributed by atoms with E-state index in [0.29, 0.717) is 12.0 Å². The first-order chi connectivity index (χ1) is 12.1. The van der Waals surface area contributed by atoms with Gasteiger partial charge in [-0.3, -0.25) is 9.59 Å². The Labute approximate surface area is 148 Å². The van der Waals surface area contributed by atoms with Crippen LogP contribution in [0.1, 0.15) is 53.7 Å². The van der Waals surface area contributed by atoms with E-state index in [-0.39, 0.29) is 17.9 Å². The van der Waals surface area contributed by atoms with E-state index >= 15 is 0 Å². The first-order valence-corrected chi connectivity index (χ1v) is 8.86. The maximum Gasteiger partial charge on any atom is 0.251 e. The summed E-state index contributed by atoms with van der Waals surface area (Å²) in [7, 11) is 0. The van der Waals surface area contributed by atoms with Gasteiger partial charge in [-0.1, -0.05) is 36.8 Å². The predicted octanol–water partition coefficient (Wildman–Crippen LogP) is 4.00. The predicted molar refractivity (Wildman–Crippen MR) is 99.7 cm³/mol. The Morgan fingerprint density at radius 2 is 1.80 bits per heavy atom. The second-order valence-corrected chi connectivity index (χ2v) is 6.54. The third kappa shape index (κ3) is 3.90. The van der Waals surface area contributed by atoms with Crippen molar-refractivity contribution in [1.29, 1.82) is 0 Å². The summed E-state index contributed by atoms with van der Waals surface area (Å²) in [5.74, 6) is 0.0642. The highest BCUT2D eigenvalue weighted by Gasteiger charge is 2.22. The maximum atomic E-state index is 12.6. The monoisotopic (exact) mass is 336 g/mol. The molecule has 0 bridgehead atoms. The molecule has 0 spiro atoms. The van der Waals surface area contributed by atoms with Gasteiger partial charge in [0.2, 0.25) is 5.91 Å². The molecule has 1 fully saturated rings. The molecule has 2 aromatic rings. The summed E-state index contributed by atoms with van der Waals surface area (Å²) in [5.41, 5.74) is 3.79. The minimum atomic E-state index is -0.0910. The average Bonchev–Trinajstić information content (AvgIpc) is 3.06. The lowest BCUT2D eigenvalue weighted by Crippen LogP contribution is -2.28. The van der Waals surface area contributed by atoms with E-state index in [1.54, 1.807) is 17.0 Å². The number of amides is 2. The number of carbonyl (C=O) groups excluding carboxylic acids is 2. The van der Waals surface area contributed by atoms with E-state index in [0.717, 1.165) is 30.6 Å². The van der Waals surface area contributed by atoms with Gasteiger partial charge < -0.3 is 10.2 Å². The molecule has 1 aliphatic rings. The van der Waals surface area contributed by atoms with Gasteiger partial charge in [-0.05, 0) is 49.6 Å². The summed E-state index contributed by atoms with van der Waals surface area (Å²) in [4.78, 5) is 26.1. The Balaban J connectivity index is 1.69. The van der Waals surface area contributed by atoms with Crippen molar-refractivity contribution in [2.24, 2.45) is 0 Å². The standard InChI is InChI=1S/C21H24N2O2/c1-3-19(16-8-6-15(2)7-9-16)22-21(25)17-10-12-18(13-11-17)23-14-4-5-20(23)24/h6-13,19H,3-5,14H2,1-2H3,(H,22,25). The third-order valence-corrected chi connectivity index (χ3v) is 4.71. The molecule has 0 saturated carbocycles. The quantitative estimate of drug-likeness (QED) is 0.897. The maximum absolute atomic E-state index is 12.6. The molecule has 1 aliphatic heterocycles. The van der Waals surface area contributed by atoms with Crippen LogP contribution in [0, 0.1) is 6.92 Å². The van der Waals surface area contributed by atoms with Crippen molar-refractivity contribution in [3.63, 3.8) is 0 Å². The van der Waals surface area contributed by atoms with Crippen molar-refractivity contribution in [2.45, 2.75) is 39.2 Å². The van der Waals surface area contributed by atoms with Crippen LogP contribution < -0.4 is 10.2 Å². The second-order valence-electron chi connectivity index (χ2n) is 6.54. The van der Waals surface area contributed by atoms with E-state index in [1.807, 2.05) is 12.1 Å². The largest absolute Gasteiger partial charge is 0.345 e. The molecule has 25 heavy (non-hydrogen) atoms. The summed E-state index contributed by atoms with van der Waals surface area (Å²) >= 11 is 0. The second kappa shape index (κ2) is 7.51. The van der Waals surface area contributed by atoms with Crippen LogP contribution in [0.25, 0.3) is 0 Å². The summed E-state index contributed by atoms with van der Waals surface area (Å²) in [5, 5.41) is 3.10. The van der Waals surface area contributed by atoms with Crippen molar-refractivity contribution in [2.75, 3.05) is 11.4 Å². The molecule has 0 radical (unpaired) electrons. The van der Waals surface area contributed by atoms with E-state index < -0.39 is 0 Å². The summed E-state index contributed by atoms with van der Waals surface area (Å²) in [6, 6.07) is 15.5. The molecule has 1 saturated heterocycles. The van der Waals surface area contributed by atoms with Gasteiger partial charge in [-0.25, -0.2) is 0 Å². The van der Waals surface area contributed by atoms with Crippen molar-refractivity contribution < 1.29 is 9.59 Å². The Hall–Kier alpha value is -2.62. The van der Waals surface area contributed by atoms with Gasteiger partial charge in [-0.15, -0.1) is 0 Å². The molecule has 3 rings (SSSR count). The summed E-state index contributed by atoms with van der Waals surface area (Å²) < 4.78 is 0. The number of carbonyl (C=O) groups is 2. The van der Waals surface area contributed by atoms with Crippen LogP contribution in [0.2, 0.25) is 0 Å². The van der Waals surface area contributed by atoms with Crippen LogP contribution in [-0.4, -0.2) is 18.4 Å². The minimum Gasteiger partial charge on any atom is -0.345 e. The van der Waals surface area contributed by atoms with E-state index in [2.05, 4.69) is 43.4 Å². The molecule has 1 atom stereocenters. The molecule has 130 valence electrons. The average molecular weight is 336 g/mol. The van der Waals surface area contributed by atoms with Gasteiger partial charge in [0, 0.05) is 24.2 Å². The smallest absolute Gasteiger partial charge is 0.251 e. The highest BCUT2D eigenvalue weighted by Crippen LogP contribution is 2.22. The van der Waals surface area contributed by atoms with Gasteiger partial charge in [0.15, 0.2) is 0 Å². The molecule has 1 unspecified atom stereocenters. The fraction of sp³-hybridized carbons (Fsp3) is 0.333. The van der Waals surface area contributed by atoms with Gasteiger partial charge in [-0.2, -0.15) is 0 Å². The fourth-order valence-electron chi connectivity index (χ4n) is 3.18. The Kier molecular flexibility index (Phi) is 5.17. The van der Waals surface area contributed by atoms with Crippen LogP contribution in [0.4, 0.5) is 5.69 Å². The van der Waals surface area contributed by atoms with Crippen LogP contribution in [0.3, 0.4) is 0 Å². The molecule has 4 nitrogen and oxygen atoms in total. The molecule has 1 heterocycles. The zero-order valence-corrected chi connectivity index (χ0v) is 14.8. The first-order valence-electron chi connectivity index (χ1n) is 8.86. The van der Waals surface area contributed by atoms with Crippen molar-refractivity contribution in [3.05, 3.63) is 65.2 Å². The highest BCUT2D eigenvalue weighted by atomic mass is 16.2. The molecule has 2 amide bonds.